The van der Waals surface area contributed by atoms with Gasteiger partial charge in [0.2, 0.25) is 0 Å². The molecule has 0 saturated carbocycles. The second kappa shape index (κ2) is 4.61. The van der Waals surface area contributed by atoms with E-state index < -0.39 is 11.7 Å². The standard InChI is InChI=1S/C13H9ClF3N/c1-8-4-2-3-5-9(8)12-10(13(15,16)17)6-7-11(14)18-12/h2-7H,1H3. The van der Waals surface area contributed by atoms with Crippen molar-refractivity contribution in [3.05, 3.63) is 52.7 Å². The molecule has 5 heteroatoms. The van der Waals surface area contributed by atoms with Crippen LogP contribution in [0.1, 0.15) is 11.1 Å². The number of aromatic nitrogens is 1. The Labute approximate surface area is 107 Å². The fraction of sp³-hybridized carbons (Fsp3) is 0.154. The minimum Gasteiger partial charge on any atom is -0.235 e. The molecule has 0 aliphatic carbocycles. The lowest BCUT2D eigenvalue weighted by atomic mass is 10.0. The van der Waals surface area contributed by atoms with Gasteiger partial charge in [-0.05, 0) is 24.6 Å². The highest BCUT2D eigenvalue weighted by molar-refractivity contribution is 6.29. The summed E-state index contributed by atoms with van der Waals surface area (Å²) in [6.07, 6.45) is -4.45. The fourth-order valence-electron chi connectivity index (χ4n) is 1.71. The van der Waals surface area contributed by atoms with Crippen LogP contribution in [0, 0.1) is 6.92 Å². The molecule has 0 spiro atoms. The smallest absolute Gasteiger partial charge is 0.235 e. The molecule has 0 atom stereocenters. The van der Waals surface area contributed by atoms with Gasteiger partial charge >= 0.3 is 6.18 Å². The van der Waals surface area contributed by atoms with E-state index in [1.165, 1.54) is 0 Å². The summed E-state index contributed by atoms with van der Waals surface area (Å²) in [7, 11) is 0. The van der Waals surface area contributed by atoms with Gasteiger partial charge in [-0.1, -0.05) is 35.9 Å². The quantitative estimate of drug-likeness (QED) is 0.683. The van der Waals surface area contributed by atoms with E-state index in [0.29, 0.717) is 5.56 Å². The number of nitrogens with zero attached hydrogens (tertiary/aromatic N) is 1. The Hall–Kier alpha value is -1.55. The Balaban J connectivity index is 2.70. The molecule has 0 unspecified atom stereocenters. The first-order valence-electron chi connectivity index (χ1n) is 5.19. The van der Waals surface area contributed by atoms with Crippen LogP contribution in [0.5, 0.6) is 0 Å². The van der Waals surface area contributed by atoms with Gasteiger partial charge in [0.1, 0.15) is 5.15 Å². The van der Waals surface area contributed by atoms with Crippen molar-refractivity contribution < 1.29 is 13.2 Å². The van der Waals surface area contributed by atoms with E-state index in [0.717, 1.165) is 17.7 Å². The molecule has 1 nitrogen and oxygen atoms in total. The number of rotatable bonds is 1. The lowest BCUT2D eigenvalue weighted by Crippen LogP contribution is -2.09. The number of hydrogen-bond acceptors (Lipinski definition) is 1. The number of halogens is 4. The van der Waals surface area contributed by atoms with E-state index in [1.54, 1.807) is 31.2 Å². The number of pyridine rings is 1. The minimum absolute atomic E-state index is 0.0428. The van der Waals surface area contributed by atoms with Crippen molar-refractivity contribution in [2.24, 2.45) is 0 Å². The maximum absolute atomic E-state index is 12.9. The lowest BCUT2D eigenvalue weighted by molar-refractivity contribution is -0.137. The van der Waals surface area contributed by atoms with Gasteiger partial charge in [0, 0.05) is 5.56 Å². The van der Waals surface area contributed by atoms with Crippen LogP contribution in [-0.4, -0.2) is 4.98 Å². The number of benzene rings is 1. The monoisotopic (exact) mass is 271 g/mol. The molecular weight excluding hydrogens is 263 g/mol. The summed E-state index contributed by atoms with van der Waals surface area (Å²) in [5.41, 5.74) is 0.249. The van der Waals surface area contributed by atoms with Crippen LogP contribution >= 0.6 is 11.6 Å². The molecule has 0 bridgehead atoms. The molecule has 0 fully saturated rings. The van der Waals surface area contributed by atoms with Crippen LogP contribution in [0.4, 0.5) is 13.2 Å². The molecule has 0 aliphatic heterocycles. The number of alkyl halides is 3. The zero-order chi connectivity index (χ0) is 13.3. The van der Waals surface area contributed by atoms with E-state index in [1.807, 2.05) is 0 Å². The highest BCUT2D eigenvalue weighted by atomic mass is 35.5. The molecule has 1 heterocycles. The molecule has 1 aromatic heterocycles. The van der Waals surface area contributed by atoms with E-state index >= 15 is 0 Å². The van der Waals surface area contributed by atoms with Gasteiger partial charge in [-0.2, -0.15) is 13.2 Å². The minimum atomic E-state index is -4.45. The Kier molecular flexibility index (Phi) is 3.30. The van der Waals surface area contributed by atoms with Gasteiger partial charge in [0.05, 0.1) is 11.3 Å². The predicted octanol–water partition coefficient (Wildman–Crippen LogP) is 4.73. The molecule has 0 N–H and O–H groups in total. The van der Waals surface area contributed by atoms with Gasteiger partial charge in [0.25, 0.3) is 0 Å². The summed E-state index contributed by atoms with van der Waals surface area (Å²) in [5.74, 6) is 0. The molecule has 2 rings (SSSR count). The maximum Gasteiger partial charge on any atom is 0.418 e. The molecule has 94 valence electrons. The van der Waals surface area contributed by atoms with Crippen molar-refractivity contribution in [3.63, 3.8) is 0 Å². The van der Waals surface area contributed by atoms with Crippen molar-refractivity contribution >= 4 is 11.6 Å². The molecule has 0 radical (unpaired) electrons. The summed E-state index contributed by atoms with van der Waals surface area (Å²) in [6.45, 7) is 1.73. The summed E-state index contributed by atoms with van der Waals surface area (Å²) >= 11 is 5.69. The van der Waals surface area contributed by atoms with Crippen LogP contribution in [-0.2, 0) is 6.18 Å². The van der Waals surface area contributed by atoms with Crippen molar-refractivity contribution in [1.82, 2.24) is 4.98 Å². The van der Waals surface area contributed by atoms with Gasteiger partial charge in [0.15, 0.2) is 0 Å². The van der Waals surface area contributed by atoms with Crippen LogP contribution in [0.25, 0.3) is 11.3 Å². The normalized spacial score (nSPS) is 11.6. The predicted molar refractivity (Wildman–Crippen MR) is 64.4 cm³/mol. The van der Waals surface area contributed by atoms with Gasteiger partial charge in [-0.15, -0.1) is 0 Å². The van der Waals surface area contributed by atoms with Gasteiger partial charge < -0.3 is 0 Å². The summed E-state index contributed by atoms with van der Waals surface area (Å²) in [6, 6.07) is 8.87. The van der Waals surface area contributed by atoms with Crippen molar-refractivity contribution in [2.75, 3.05) is 0 Å². The van der Waals surface area contributed by atoms with Crippen molar-refractivity contribution in [2.45, 2.75) is 13.1 Å². The molecule has 2 aromatic rings. The largest absolute Gasteiger partial charge is 0.418 e. The third-order valence-electron chi connectivity index (χ3n) is 2.57. The highest BCUT2D eigenvalue weighted by Gasteiger charge is 2.34. The molecule has 0 amide bonds. The first-order chi connectivity index (χ1) is 8.39. The molecule has 0 saturated heterocycles. The third kappa shape index (κ3) is 2.48. The molecule has 0 aliphatic rings. The summed E-state index contributed by atoms with van der Waals surface area (Å²) < 4.78 is 38.7. The van der Waals surface area contributed by atoms with Gasteiger partial charge in [-0.25, -0.2) is 4.98 Å². The average molecular weight is 272 g/mol. The van der Waals surface area contributed by atoms with Crippen LogP contribution in [0.3, 0.4) is 0 Å². The van der Waals surface area contributed by atoms with Crippen LogP contribution in [0.15, 0.2) is 36.4 Å². The van der Waals surface area contributed by atoms with Gasteiger partial charge in [-0.3, -0.25) is 0 Å². The zero-order valence-corrected chi connectivity index (χ0v) is 10.2. The van der Waals surface area contributed by atoms with E-state index in [9.17, 15) is 13.2 Å². The average Bonchev–Trinajstić information content (AvgIpc) is 2.27. The van der Waals surface area contributed by atoms with E-state index in [2.05, 4.69) is 4.98 Å². The first-order valence-corrected chi connectivity index (χ1v) is 5.57. The summed E-state index contributed by atoms with van der Waals surface area (Å²) in [4.78, 5) is 3.82. The van der Waals surface area contributed by atoms with E-state index in [-0.39, 0.29) is 10.8 Å². The van der Waals surface area contributed by atoms with Crippen LogP contribution < -0.4 is 0 Å². The van der Waals surface area contributed by atoms with Crippen molar-refractivity contribution in [1.29, 1.82) is 0 Å². The second-order valence-electron chi connectivity index (χ2n) is 3.84. The summed E-state index contributed by atoms with van der Waals surface area (Å²) in [5, 5.41) is 0.0428. The maximum atomic E-state index is 12.9. The molecule has 18 heavy (non-hydrogen) atoms. The first kappa shape index (κ1) is 12.9. The second-order valence-corrected chi connectivity index (χ2v) is 4.23. The molecule has 1 aromatic carbocycles. The number of hydrogen-bond donors (Lipinski definition) is 0. The van der Waals surface area contributed by atoms with Crippen LogP contribution in [0.2, 0.25) is 5.15 Å². The zero-order valence-electron chi connectivity index (χ0n) is 9.42. The Morgan fingerprint density at radius 2 is 1.72 bits per heavy atom. The lowest BCUT2D eigenvalue weighted by Gasteiger charge is -2.13. The fourth-order valence-corrected chi connectivity index (χ4v) is 1.86. The highest BCUT2D eigenvalue weighted by Crippen LogP contribution is 2.37. The van der Waals surface area contributed by atoms with E-state index in [4.69, 9.17) is 11.6 Å². The number of aryl methyl sites for hydroxylation is 1. The Morgan fingerprint density at radius 3 is 2.33 bits per heavy atom. The Morgan fingerprint density at radius 1 is 1.06 bits per heavy atom. The topological polar surface area (TPSA) is 12.9 Å². The third-order valence-corrected chi connectivity index (χ3v) is 2.78. The Bertz CT molecular complexity index is 579. The van der Waals surface area contributed by atoms with Crippen molar-refractivity contribution in [3.8, 4) is 11.3 Å². The SMILES string of the molecule is Cc1ccccc1-c1nc(Cl)ccc1C(F)(F)F. The molecular formula is C13H9ClF3N.